The molecule has 0 aliphatic heterocycles. The van der Waals surface area contributed by atoms with E-state index >= 15 is 0 Å². The van der Waals surface area contributed by atoms with Gasteiger partial charge in [0.1, 0.15) is 13.2 Å². The molecule has 0 aromatic carbocycles. The molecule has 0 fully saturated rings. The van der Waals surface area contributed by atoms with Crippen LogP contribution in [0.5, 0.6) is 0 Å². The minimum Gasteiger partial charge on any atom is -0.477 e. The number of likely N-dealkylation sites (N-methyl/N-ethyl adjacent to an activating group) is 1. The Morgan fingerprint density at radius 2 is 0.648 bits per heavy atom. The third kappa shape index (κ3) is 69.7. The summed E-state index contributed by atoms with van der Waals surface area (Å²) < 4.78 is 23.0. The zero-order valence-corrected chi connectivity index (χ0v) is 58.1. The third-order valence-electron chi connectivity index (χ3n) is 16.1. The Kier molecular flexibility index (Phi) is 66.1. The van der Waals surface area contributed by atoms with Gasteiger partial charge in [-0.2, -0.15) is 0 Å². The van der Waals surface area contributed by atoms with E-state index < -0.39 is 24.3 Å². The first kappa shape index (κ1) is 84.2. The van der Waals surface area contributed by atoms with E-state index in [1.54, 1.807) is 0 Å². The molecule has 0 aromatic rings. The molecule has 0 heterocycles. The quantitative estimate of drug-likeness (QED) is 0.0211. The number of allylic oxidation sites excluding steroid dienone is 16. The number of carbonyl (C=O) groups excluding carboxylic acids is 2. The number of hydrogen-bond acceptors (Lipinski definition) is 7. The molecule has 9 nitrogen and oxygen atoms in total. The highest BCUT2D eigenvalue weighted by molar-refractivity contribution is 5.71. The largest absolute Gasteiger partial charge is 0.477 e. The molecular weight excluding hydrogens is 1090 g/mol. The predicted molar refractivity (Wildman–Crippen MR) is 378 cm³/mol. The lowest BCUT2D eigenvalue weighted by molar-refractivity contribution is -0.870. The number of carboxylic acids is 1. The van der Waals surface area contributed by atoms with Crippen LogP contribution in [0.15, 0.2) is 97.2 Å². The van der Waals surface area contributed by atoms with Gasteiger partial charge >= 0.3 is 17.9 Å². The van der Waals surface area contributed by atoms with Crippen molar-refractivity contribution >= 4 is 17.9 Å². The maximum atomic E-state index is 13.0. The summed E-state index contributed by atoms with van der Waals surface area (Å²) in [6.07, 6.45) is 92.5. The van der Waals surface area contributed by atoms with E-state index in [9.17, 15) is 19.5 Å². The fourth-order valence-electron chi connectivity index (χ4n) is 10.5. The van der Waals surface area contributed by atoms with E-state index in [2.05, 4.69) is 111 Å². The summed E-state index contributed by atoms with van der Waals surface area (Å²) in [5, 5.41) is 9.75. The van der Waals surface area contributed by atoms with Crippen LogP contribution in [0.25, 0.3) is 0 Å². The van der Waals surface area contributed by atoms with Crippen molar-refractivity contribution in [3.63, 3.8) is 0 Å². The Bertz CT molecular complexity index is 1770. The molecule has 0 aliphatic carbocycles. The number of ether oxygens (including phenoxy) is 4. The summed E-state index contributed by atoms with van der Waals surface area (Å²) in [7, 11) is 5.99. The van der Waals surface area contributed by atoms with Gasteiger partial charge in [-0.05, 0) is 77.0 Å². The fraction of sp³-hybridized carbons (Fsp3) is 0.759. The van der Waals surface area contributed by atoms with Crippen molar-refractivity contribution in [1.29, 1.82) is 0 Å². The molecule has 0 aromatic heterocycles. The third-order valence-corrected chi connectivity index (χ3v) is 16.1. The molecule has 88 heavy (non-hydrogen) atoms. The van der Waals surface area contributed by atoms with Crippen LogP contribution >= 0.6 is 0 Å². The van der Waals surface area contributed by atoms with Gasteiger partial charge in [-0.3, -0.25) is 9.59 Å². The van der Waals surface area contributed by atoms with E-state index in [0.717, 1.165) is 89.9 Å². The Morgan fingerprint density at radius 3 is 0.966 bits per heavy atom. The van der Waals surface area contributed by atoms with E-state index in [4.69, 9.17) is 18.9 Å². The number of hydrogen-bond donors (Lipinski definition) is 1. The summed E-state index contributed by atoms with van der Waals surface area (Å²) in [5.41, 5.74) is 0. The highest BCUT2D eigenvalue weighted by atomic mass is 16.7. The van der Waals surface area contributed by atoms with Gasteiger partial charge in [-0.25, -0.2) is 4.79 Å². The van der Waals surface area contributed by atoms with Gasteiger partial charge < -0.3 is 28.5 Å². The molecule has 0 spiro atoms. The molecule has 0 saturated heterocycles. The first-order valence-electron chi connectivity index (χ1n) is 36.9. The standard InChI is InChI=1S/C79H139NO8/c1-6-8-10-12-14-16-18-20-22-24-26-28-30-31-32-33-34-35-36-37-38-39-40-41-42-43-44-45-46-47-48-50-52-54-56-58-60-62-64-66-68-70-77(82)88-75(74-87-79(78(83)84)85-72-71-80(3,4)5)73-86-76(81)69-67-65-63-61-59-57-55-53-51-49-29-27-25-23-21-19-17-15-13-11-9-7-2/h8,10,14,16,20,22,26,28,31-32,34-35,37-38,40-41,75,79H,6-7,9,11-13,15,17-19,21,23-25,27,29-30,33,36,39,42-74H2,1-5H3/p+1/b10-8-,16-14-,22-20-,28-26-,32-31-,35-34-,38-37-,41-40-. The molecule has 0 saturated carbocycles. The van der Waals surface area contributed by atoms with Crippen LogP contribution in [0.2, 0.25) is 0 Å². The second-order valence-electron chi connectivity index (χ2n) is 25.9. The number of esters is 2. The predicted octanol–water partition coefficient (Wildman–Crippen LogP) is 23.2. The Hall–Kier alpha value is -3.79. The van der Waals surface area contributed by atoms with E-state index in [0.29, 0.717) is 17.4 Å². The molecular formula is C79H140NO8+. The summed E-state index contributed by atoms with van der Waals surface area (Å²) in [5.74, 6) is -1.99. The first-order valence-corrected chi connectivity index (χ1v) is 36.9. The zero-order valence-electron chi connectivity index (χ0n) is 58.1. The Labute approximate surface area is 543 Å². The van der Waals surface area contributed by atoms with Gasteiger partial charge in [0.25, 0.3) is 6.29 Å². The van der Waals surface area contributed by atoms with Gasteiger partial charge in [0, 0.05) is 12.8 Å². The van der Waals surface area contributed by atoms with Gasteiger partial charge in [0.2, 0.25) is 0 Å². The average Bonchev–Trinajstić information content (AvgIpc) is 3.55. The molecule has 0 radical (unpaired) electrons. The normalized spacial score (nSPS) is 13.2. The van der Waals surface area contributed by atoms with Crippen molar-refractivity contribution in [2.45, 2.75) is 341 Å². The molecule has 0 amide bonds. The number of rotatable bonds is 68. The smallest absolute Gasteiger partial charge is 0.361 e. The summed E-state index contributed by atoms with van der Waals surface area (Å²) in [4.78, 5) is 37.6. The van der Waals surface area contributed by atoms with Crippen molar-refractivity contribution in [1.82, 2.24) is 0 Å². The second kappa shape index (κ2) is 69.1. The summed E-state index contributed by atoms with van der Waals surface area (Å²) in [6, 6.07) is 0. The van der Waals surface area contributed by atoms with Crippen LogP contribution in [0.3, 0.4) is 0 Å². The Balaban J connectivity index is 4.04. The molecule has 2 atom stereocenters. The highest BCUT2D eigenvalue weighted by Crippen LogP contribution is 2.18. The number of unbranched alkanes of at least 4 members (excludes halogenated alkanes) is 37. The van der Waals surface area contributed by atoms with Gasteiger partial charge in [0.15, 0.2) is 6.10 Å². The van der Waals surface area contributed by atoms with Crippen LogP contribution < -0.4 is 0 Å². The zero-order chi connectivity index (χ0) is 64.0. The van der Waals surface area contributed by atoms with Crippen LogP contribution in [0.1, 0.15) is 328 Å². The minimum absolute atomic E-state index is 0.180. The van der Waals surface area contributed by atoms with Crippen LogP contribution in [-0.2, 0) is 33.3 Å². The monoisotopic (exact) mass is 1230 g/mol. The van der Waals surface area contributed by atoms with E-state index in [-0.39, 0.29) is 32.2 Å². The highest BCUT2D eigenvalue weighted by Gasteiger charge is 2.25. The summed E-state index contributed by atoms with van der Waals surface area (Å²) >= 11 is 0. The lowest BCUT2D eigenvalue weighted by atomic mass is 10.0. The van der Waals surface area contributed by atoms with E-state index in [1.165, 1.54) is 212 Å². The molecule has 9 heteroatoms. The maximum absolute atomic E-state index is 13.0. The number of carboxylic acid groups (broad SMARTS) is 1. The second-order valence-corrected chi connectivity index (χ2v) is 25.9. The lowest BCUT2D eigenvalue weighted by Crippen LogP contribution is -2.40. The Morgan fingerprint density at radius 1 is 0.352 bits per heavy atom. The van der Waals surface area contributed by atoms with Crippen molar-refractivity contribution in [2.75, 3.05) is 47.5 Å². The fourth-order valence-corrected chi connectivity index (χ4v) is 10.5. The van der Waals surface area contributed by atoms with E-state index in [1.807, 2.05) is 21.1 Å². The number of aliphatic carboxylic acids is 1. The number of nitrogens with zero attached hydrogens (tertiary/aromatic N) is 1. The van der Waals surface area contributed by atoms with Crippen molar-refractivity contribution in [2.24, 2.45) is 0 Å². The summed E-state index contributed by atoms with van der Waals surface area (Å²) in [6.45, 7) is 4.81. The van der Waals surface area contributed by atoms with Gasteiger partial charge in [-0.1, -0.05) is 336 Å². The maximum Gasteiger partial charge on any atom is 0.361 e. The van der Waals surface area contributed by atoms with Crippen molar-refractivity contribution in [3.05, 3.63) is 97.2 Å². The molecule has 0 rings (SSSR count). The van der Waals surface area contributed by atoms with Crippen LogP contribution in [-0.4, -0.2) is 87.4 Å². The molecule has 1 N–H and O–H groups in total. The van der Waals surface area contributed by atoms with Crippen LogP contribution in [0.4, 0.5) is 0 Å². The number of quaternary nitrogens is 1. The number of carbonyl (C=O) groups is 3. The molecule has 2 unspecified atom stereocenters. The lowest BCUT2D eigenvalue weighted by Gasteiger charge is -2.25. The average molecular weight is 1230 g/mol. The molecule has 508 valence electrons. The topological polar surface area (TPSA) is 108 Å². The molecule has 0 aliphatic rings. The van der Waals surface area contributed by atoms with Crippen LogP contribution in [0, 0.1) is 0 Å². The van der Waals surface area contributed by atoms with Crippen molar-refractivity contribution < 1.29 is 42.9 Å². The van der Waals surface area contributed by atoms with Gasteiger partial charge in [0.05, 0.1) is 34.4 Å². The first-order chi connectivity index (χ1) is 43.1. The van der Waals surface area contributed by atoms with Gasteiger partial charge in [-0.15, -0.1) is 0 Å². The SMILES string of the molecule is CC/C=C\C/C=C\C/C=C\C/C=C\C/C=C\C/C=C\C/C=C\C/C=C\CCCCCCCCCCCCCCCCCCC(=O)OC(COC(=O)CCCCCCCCCCCCCCCCCCCCCCCC)COC(OCC[N+](C)(C)C)C(=O)O. The van der Waals surface area contributed by atoms with Crippen molar-refractivity contribution in [3.8, 4) is 0 Å². The minimum atomic E-state index is -1.51. The molecule has 0 bridgehead atoms.